The average molecular weight is 148 g/mol. The van der Waals surface area contributed by atoms with E-state index in [9.17, 15) is 0 Å². The summed E-state index contributed by atoms with van der Waals surface area (Å²) in [5, 5.41) is 0. The van der Waals surface area contributed by atoms with Crippen LogP contribution in [0.4, 0.5) is 11.4 Å². The molecule has 0 saturated heterocycles. The van der Waals surface area contributed by atoms with Crippen LogP contribution in [0.25, 0.3) is 0 Å². The van der Waals surface area contributed by atoms with Crippen LogP contribution < -0.4 is 41.0 Å². The summed E-state index contributed by atoms with van der Waals surface area (Å²) >= 11 is 0. The Hall–Kier alpha value is -0.220. The molecule has 0 fully saturated rings. The standard InChI is InChI=1S/C6H8N2.Na.H2O/c7-5-1-2-6(8)4-3-5;;/h1-4H,7-8H2;;1H2/q;+1;/p-1. The monoisotopic (exact) mass is 148 g/mol. The van der Waals surface area contributed by atoms with E-state index in [0.29, 0.717) is 0 Å². The minimum Gasteiger partial charge on any atom is -0.870 e. The fraction of sp³-hybridized carbons (Fsp3) is 0. The third-order valence-corrected chi connectivity index (χ3v) is 0.936. The minimum absolute atomic E-state index is 0. The van der Waals surface area contributed by atoms with Crippen molar-refractivity contribution < 1.29 is 35.0 Å². The second kappa shape index (κ2) is 5.56. The SMILES string of the molecule is Nc1ccc(N)cc1.[Na+].[OH-]. The minimum atomic E-state index is 0. The molecule has 0 unspecified atom stereocenters. The molecule has 0 atom stereocenters. The van der Waals surface area contributed by atoms with E-state index in [1.54, 1.807) is 24.3 Å². The molecule has 0 aliphatic carbocycles. The van der Waals surface area contributed by atoms with Gasteiger partial charge in [0, 0.05) is 11.4 Å². The van der Waals surface area contributed by atoms with Gasteiger partial charge in [0.1, 0.15) is 0 Å². The van der Waals surface area contributed by atoms with Crippen LogP contribution in [0, 0.1) is 0 Å². The Labute approximate surface area is 82.0 Å². The molecule has 0 amide bonds. The molecule has 0 spiro atoms. The molecule has 1 aromatic rings. The van der Waals surface area contributed by atoms with Crippen LogP contribution in [0.15, 0.2) is 24.3 Å². The number of benzene rings is 1. The summed E-state index contributed by atoms with van der Waals surface area (Å²) in [5.74, 6) is 0. The second-order valence-corrected chi connectivity index (χ2v) is 1.67. The zero-order valence-corrected chi connectivity index (χ0v) is 7.91. The van der Waals surface area contributed by atoms with Gasteiger partial charge in [0.05, 0.1) is 0 Å². The van der Waals surface area contributed by atoms with Gasteiger partial charge in [0.2, 0.25) is 0 Å². The van der Waals surface area contributed by atoms with Crippen LogP contribution in [0.3, 0.4) is 0 Å². The topological polar surface area (TPSA) is 82.0 Å². The number of nitrogens with two attached hydrogens (primary N) is 2. The third kappa shape index (κ3) is 3.74. The Morgan fingerprint density at radius 2 is 1.00 bits per heavy atom. The summed E-state index contributed by atoms with van der Waals surface area (Å²) in [7, 11) is 0. The predicted molar refractivity (Wildman–Crippen MR) is 37.2 cm³/mol. The summed E-state index contributed by atoms with van der Waals surface area (Å²) in [5.41, 5.74) is 12.2. The average Bonchev–Trinajstić information content (AvgIpc) is 1.77. The number of rotatable bonds is 0. The Kier molecular flexibility index (Phi) is 6.92. The zero-order chi connectivity index (χ0) is 5.98. The fourth-order valence-corrected chi connectivity index (χ4v) is 0.496. The van der Waals surface area contributed by atoms with E-state index in [1.807, 2.05) is 0 Å². The Morgan fingerprint density at radius 1 is 0.800 bits per heavy atom. The summed E-state index contributed by atoms with van der Waals surface area (Å²) in [6.07, 6.45) is 0. The predicted octanol–water partition coefficient (Wildman–Crippen LogP) is -2.32. The second-order valence-electron chi connectivity index (χ2n) is 1.67. The van der Waals surface area contributed by atoms with Gasteiger partial charge in [-0.3, -0.25) is 0 Å². The quantitative estimate of drug-likeness (QED) is 0.320. The maximum atomic E-state index is 5.37. The summed E-state index contributed by atoms with van der Waals surface area (Å²) in [4.78, 5) is 0. The largest absolute Gasteiger partial charge is 1.00 e. The Balaban J connectivity index is 0. The molecule has 0 radical (unpaired) electrons. The van der Waals surface area contributed by atoms with Crippen molar-refractivity contribution in [2.45, 2.75) is 0 Å². The van der Waals surface area contributed by atoms with E-state index in [4.69, 9.17) is 11.5 Å². The molecule has 1 rings (SSSR count). The maximum absolute atomic E-state index is 5.37. The van der Waals surface area contributed by atoms with Crippen LogP contribution in [-0.4, -0.2) is 5.48 Å². The van der Waals surface area contributed by atoms with Gasteiger partial charge in [-0.1, -0.05) is 0 Å². The number of anilines is 2. The van der Waals surface area contributed by atoms with Gasteiger partial charge in [-0.2, -0.15) is 0 Å². The van der Waals surface area contributed by atoms with Crippen molar-refractivity contribution in [2.24, 2.45) is 0 Å². The fourth-order valence-electron chi connectivity index (χ4n) is 0.496. The zero-order valence-electron chi connectivity index (χ0n) is 5.91. The first kappa shape index (κ1) is 12.5. The third-order valence-electron chi connectivity index (χ3n) is 0.936. The van der Waals surface area contributed by atoms with Gasteiger partial charge >= 0.3 is 29.6 Å². The molecule has 0 aromatic heterocycles. The van der Waals surface area contributed by atoms with Gasteiger partial charge in [-0.25, -0.2) is 0 Å². The van der Waals surface area contributed by atoms with E-state index < -0.39 is 0 Å². The van der Waals surface area contributed by atoms with Crippen LogP contribution in [0.1, 0.15) is 0 Å². The van der Waals surface area contributed by atoms with Gasteiger partial charge in [-0.05, 0) is 24.3 Å². The van der Waals surface area contributed by atoms with E-state index in [1.165, 1.54) is 0 Å². The molecule has 1 aromatic carbocycles. The molecule has 0 aliphatic heterocycles. The van der Waals surface area contributed by atoms with Crippen molar-refractivity contribution >= 4 is 11.4 Å². The molecule has 5 N–H and O–H groups in total. The van der Waals surface area contributed by atoms with Crippen LogP contribution >= 0.6 is 0 Å². The summed E-state index contributed by atoms with van der Waals surface area (Å²) in [6.45, 7) is 0. The van der Waals surface area contributed by atoms with Crippen molar-refractivity contribution in [3.05, 3.63) is 24.3 Å². The molecule has 0 aliphatic rings. The maximum Gasteiger partial charge on any atom is 1.00 e. The number of hydrogen-bond acceptors (Lipinski definition) is 3. The normalized spacial score (nSPS) is 7.20. The van der Waals surface area contributed by atoms with E-state index in [0.717, 1.165) is 11.4 Å². The van der Waals surface area contributed by atoms with Gasteiger partial charge in [0.25, 0.3) is 0 Å². The molecule has 0 saturated carbocycles. The molecular weight excluding hydrogens is 139 g/mol. The van der Waals surface area contributed by atoms with E-state index >= 15 is 0 Å². The molecule has 10 heavy (non-hydrogen) atoms. The van der Waals surface area contributed by atoms with Crippen molar-refractivity contribution in [3.8, 4) is 0 Å². The van der Waals surface area contributed by atoms with Crippen LogP contribution in [-0.2, 0) is 0 Å². The molecule has 0 bridgehead atoms. The summed E-state index contributed by atoms with van der Waals surface area (Å²) in [6, 6.07) is 7.09. The molecule has 50 valence electrons. The van der Waals surface area contributed by atoms with E-state index in [-0.39, 0.29) is 35.0 Å². The molecule has 4 heteroatoms. The van der Waals surface area contributed by atoms with Crippen molar-refractivity contribution in [1.29, 1.82) is 0 Å². The first-order chi connectivity index (χ1) is 3.79. The Bertz CT molecular complexity index is 155. The van der Waals surface area contributed by atoms with Crippen LogP contribution in [0.5, 0.6) is 0 Å². The Morgan fingerprint density at radius 3 is 1.20 bits per heavy atom. The molecular formula is C6H9N2NaO. The molecule has 3 nitrogen and oxygen atoms in total. The first-order valence-corrected chi connectivity index (χ1v) is 2.40. The number of hydrogen-bond donors (Lipinski definition) is 2. The number of nitrogen functional groups attached to an aromatic ring is 2. The van der Waals surface area contributed by atoms with Crippen molar-refractivity contribution in [3.63, 3.8) is 0 Å². The summed E-state index contributed by atoms with van der Waals surface area (Å²) < 4.78 is 0. The van der Waals surface area contributed by atoms with E-state index in [2.05, 4.69) is 0 Å². The van der Waals surface area contributed by atoms with Gasteiger partial charge < -0.3 is 16.9 Å². The van der Waals surface area contributed by atoms with Crippen molar-refractivity contribution in [1.82, 2.24) is 0 Å². The smallest absolute Gasteiger partial charge is 0.870 e. The van der Waals surface area contributed by atoms with Gasteiger partial charge in [0.15, 0.2) is 0 Å². The van der Waals surface area contributed by atoms with Crippen LogP contribution in [0.2, 0.25) is 0 Å². The first-order valence-electron chi connectivity index (χ1n) is 2.40. The van der Waals surface area contributed by atoms with Gasteiger partial charge in [-0.15, -0.1) is 0 Å². The van der Waals surface area contributed by atoms with Crippen molar-refractivity contribution in [2.75, 3.05) is 11.5 Å². The molecule has 0 heterocycles.